The van der Waals surface area contributed by atoms with Crippen molar-refractivity contribution in [1.29, 1.82) is 0 Å². The highest BCUT2D eigenvalue weighted by atomic mass is 16.4. The van der Waals surface area contributed by atoms with Crippen LogP contribution < -0.4 is 5.73 Å². The summed E-state index contributed by atoms with van der Waals surface area (Å²) >= 11 is 0. The zero-order valence-electron chi connectivity index (χ0n) is 13.6. The maximum Gasteiger partial charge on any atom is 0.321 e. The molecule has 0 fully saturated rings. The van der Waals surface area contributed by atoms with E-state index < -0.39 is 12.0 Å². The van der Waals surface area contributed by atoms with Gasteiger partial charge in [-0.05, 0) is 55.5 Å². The summed E-state index contributed by atoms with van der Waals surface area (Å²) in [6, 6.07) is -0.892. The third-order valence-electron chi connectivity index (χ3n) is 4.94. The summed E-state index contributed by atoms with van der Waals surface area (Å²) in [5.74, 6) is -1.19. The van der Waals surface area contributed by atoms with Crippen LogP contribution in [0, 0.1) is 27.7 Å². The number of aromatic nitrogens is 1. The summed E-state index contributed by atoms with van der Waals surface area (Å²) in [6.07, 6.45) is 2.02. The van der Waals surface area contributed by atoms with E-state index in [4.69, 9.17) is 5.73 Å². The summed E-state index contributed by atoms with van der Waals surface area (Å²) in [6.45, 7) is 10.4. The number of nitrogens with two attached hydrogens (primary N) is 1. The molecule has 0 aliphatic heterocycles. The predicted octanol–water partition coefficient (Wildman–Crippen LogP) is 2.93. The molecular weight excluding hydrogens is 264 g/mol. The number of carboxylic acid groups (broad SMARTS) is 1. The Labute approximate surface area is 125 Å². The smallest absolute Gasteiger partial charge is 0.321 e. The van der Waals surface area contributed by atoms with Crippen molar-refractivity contribution in [3.05, 3.63) is 34.0 Å². The molecule has 0 aliphatic rings. The van der Waals surface area contributed by atoms with Crippen molar-refractivity contribution < 1.29 is 9.90 Å². The number of hydrogen-bond donors (Lipinski definition) is 2. The Balaban J connectivity index is 2.82. The van der Waals surface area contributed by atoms with Crippen LogP contribution in [-0.2, 0) is 11.8 Å². The van der Waals surface area contributed by atoms with Crippen LogP contribution in [0.5, 0.6) is 0 Å². The van der Waals surface area contributed by atoms with Gasteiger partial charge in [-0.15, -0.1) is 0 Å². The number of aliphatic carboxylic acids is 1. The largest absolute Gasteiger partial charge is 0.480 e. The van der Waals surface area contributed by atoms with Crippen molar-refractivity contribution in [2.45, 2.75) is 46.6 Å². The van der Waals surface area contributed by atoms with Crippen molar-refractivity contribution in [3.63, 3.8) is 0 Å². The van der Waals surface area contributed by atoms with E-state index in [1.807, 2.05) is 20.2 Å². The molecule has 2 rings (SSSR count). The highest BCUT2D eigenvalue weighted by Gasteiger charge is 2.26. The molecule has 0 bridgehead atoms. The first kappa shape index (κ1) is 15.6. The zero-order chi connectivity index (χ0) is 16.1. The molecule has 2 aromatic rings. The van der Waals surface area contributed by atoms with Crippen LogP contribution in [0.25, 0.3) is 10.9 Å². The summed E-state index contributed by atoms with van der Waals surface area (Å²) < 4.78 is 2.09. The molecule has 0 spiro atoms. The molecule has 0 radical (unpaired) electrons. The monoisotopic (exact) mass is 288 g/mol. The number of aryl methyl sites for hydroxylation is 3. The molecule has 0 aliphatic carbocycles. The summed E-state index contributed by atoms with van der Waals surface area (Å²) in [5.41, 5.74) is 13.1. The minimum atomic E-state index is -0.960. The molecule has 4 heteroatoms. The van der Waals surface area contributed by atoms with Gasteiger partial charge in [0.05, 0.1) is 5.52 Å². The summed E-state index contributed by atoms with van der Waals surface area (Å²) in [4.78, 5) is 11.2. The first-order valence-corrected chi connectivity index (χ1v) is 7.22. The first-order valence-electron chi connectivity index (χ1n) is 7.22. The maximum atomic E-state index is 11.2. The molecular formula is C17H24N2O2. The fraction of sp³-hybridized carbons (Fsp3) is 0.471. The molecule has 1 aromatic carbocycles. The minimum absolute atomic E-state index is 0.230. The van der Waals surface area contributed by atoms with Crippen LogP contribution >= 0.6 is 0 Å². The summed E-state index contributed by atoms with van der Waals surface area (Å²) in [7, 11) is 2.01. The van der Waals surface area contributed by atoms with Crippen molar-refractivity contribution in [2.24, 2.45) is 12.8 Å². The van der Waals surface area contributed by atoms with Crippen LogP contribution in [0.4, 0.5) is 0 Å². The number of rotatable bonds is 3. The number of fused-ring (bicyclic) bond motifs is 1. The normalized spacial score (nSPS) is 14.4. The van der Waals surface area contributed by atoms with E-state index in [0.717, 1.165) is 10.9 Å². The highest BCUT2D eigenvalue weighted by Crippen LogP contribution is 2.36. The van der Waals surface area contributed by atoms with E-state index >= 15 is 0 Å². The Hall–Kier alpha value is -1.81. The van der Waals surface area contributed by atoms with Crippen molar-refractivity contribution in [3.8, 4) is 0 Å². The van der Waals surface area contributed by atoms with E-state index in [0.29, 0.717) is 0 Å². The second kappa shape index (κ2) is 5.19. The van der Waals surface area contributed by atoms with Crippen LogP contribution in [0.2, 0.25) is 0 Å². The van der Waals surface area contributed by atoms with E-state index in [-0.39, 0.29) is 5.92 Å². The van der Waals surface area contributed by atoms with Gasteiger partial charge < -0.3 is 15.4 Å². The maximum absolute atomic E-state index is 11.2. The number of nitrogens with zero attached hydrogens (tertiary/aromatic N) is 1. The average Bonchev–Trinajstić information content (AvgIpc) is 2.78. The molecule has 114 valence electrons. The molecule has 1 aromatic heterocycles. The molecule has 3 N–H and O–H groups in total. The Morgan fingerprint density at radius 3 is 2.19 bits per heavy atom. The topological polar surface area (TPSA) is 68.2 Å². The molecule has 0 saturated heterocycles. The third-order valence-corrected chi connectivity index (χ3v) is 4.94. The van der Waals surface area contributed by atoms with Gasteiger partial charge in [0.2, 0.25) is 0 Å². The van der Waals surface area contributed by atoms with Gasteiger partial charge in [-0.25, -0.2) is 0 Å². The molecule has 1 heterocycles. The highest BCUT2D eigenvalue weighted by molar-refractivity contribution is 5.93. The number of carboxylic acids is 1. The number of carbonyl (C=O) groups is 1. The Morgan fingerprint density at radius 2 is 1.67 bits per heavy atom. The predicted molar refractivity (Wildman–Crippen MR) is 85.9 cm³/mol. The molecule has 4 nitrogen and oxygen atoms in total. The van der Waals surface area contributed by atoms with Gasteiger partial charge in [0.15, 0.2) is 0 Å². The lowest BCUT2D eigenvalue weighted by atomic mass is 9.88. The van der Waals surface area contributed by atoms with Gasteiger partial charge in [-0.3, -0.25) is 4.79 Å². The van der Waals surface area contributed by atoms with Crippen LogP contribution in [-0.4, -0.2) is 21.7 Å². The third kappa shape index (κ3) is 2.23. The quantitative estimate of drug-likeness (QED) is 0.912. The molecule has 0 saturated carbocycles. The molecule has 0 amide bonds. The van der Waals surface area contributed by atoms with Crippen LogP contribution in [0.15, 0.2) is 6.20 Å². The van der Waals surface area contributed by atoms with Crippen molar-refractivity contribution in [1.82, 2.24) is 4.57 Å². The molecule has 2 unspecified atom stereocenters. The number of benzene rings is 1. The molecule has 21 heavy (non-hydrogen) atoms. The lowest BCUT2D eigenvalue weighted by Crippen LogP contribution is -2.35. The van der Waals surface area contributed by atoms with Crippen LogP contribution in [0.3, 0.4) is 0 Å². The zero-order valence-corrected chi connectivity index (χ0v) is 13.6. The summed E-state index contributed by atoms with van der Waals surface area (Å²) in [5, 5.41) is 10.3. The van der Waals surface area contributed by atoms with Gasteiger partial charge in [-0.2, -0.15) is 0 Å². The van der Waals surface area contributed by atoms with Gasteiger partial charge in [-0.1, -0.05) is 6.92 Å². The van der Waals surface area contributed by atoms with E-state index in [2.05, 4.69) is 32.3 Å². The molecule has 2 atom stereocenters. The SMILES string of the molecule is Cc1c(C)c(C)c2c(c(C(C)C(N)C(=O)O)cn2C)c1C. The Morgan fingerprint density at radius 1 is 1.14 bits per heavy atom. The fourth-order valence-electron chi connectivity index (χ4n) is 3.18. The van der Waals surface area contributed by atoms with Gasteiger partial charge in [0, 0.05) is 24.5 Å². The second-order valence-electron chi connectivity index (χ2n) is 6.07. The lowest BCUT2D eigenvalue weighted by molar-refractivity contribution is -0.138. The standard InChI is InChI=1S/C17H24N2O2/c1-8-9(2)11(4)16-14(10(8)3)13(7-19(16)6)12(5)15(18)17(20)21/h7,12,15H,18H2,1-6H3,(H,20,21). The Kier molecular flexibility index (Phi) is 3.85. The average molecular weight is 288 g/mol. The minimum Gasteiger partial charge on any atom is -0.480 e. The van der Waals surface area contributed by atoms with Crippen LogP contribution in [0.1, 0.15) is 40.7 Å². The lowest BCUT2D eigenvalue weighted by Gasteiger charge is -2.18. The van der Waals surface area contributed by atoms with Gasteiger partial charge in [0.1, 0.15) is 6.04 Å². The van der Waals surface area contributed by atoms with E-state index in [9.17, 15) is 9.90 Å². The van der Waals surface area contributed by atoms with E-state index in [1.165, 1.54) is 27.8 Å². The van der Waals surface area contributed by atoms with E-state index in [1.54, 1.807) is 0 Å². The Bertz CT molecular complexity index is 728. The second-order valence-corrected chi connectivity index (χ2v) is 6.07. The van der Waals surface area contributed by atoms with Gasteiger partial charge in [0.25, 0.3) is 0 Å². The van der Waals surface area contributed by atoms with Gasteiger partial charge >= 0.3 is 5.97 Å². The van der Waals surface area contributed by atoms with Crippen molar-refractivity contribution in [2.75, 3.05) is 0 Å². The fourth-order valence-corrected chi connectivity index (χ4v) is 3.18. The first-order chi connectivity index (χ1) is 9.68. The van der Waals surface area contributed by atoms with Crippen molar-refractivity contribution >= 4 is 16.9 Å². The number of hydrogen-bond acceptors (Lipinski definition) is 2.